The maximum atomic E-state index is 11.5. The molecule has 0 radical (unpaired) electrons. The van der Waals surface area contributed by atoms with Gasteiger partial charge in [0.15, 0.2) is 0 Å². The smallest absolute Gasteiger partial charge is 0.335 e. The van der Waals surface area contributed by atoms with E-state index in [-0.39, 0.29) is 5.56 Å². The molecule has 0 aromatic heterocycles. The second-order valence-corrected chi connectivity index (χ2v) is 9.49. The third-order valence-electron chi connectivity index (χ3n) is 6.21. The summed E-state index contributed by atoms with van der Waals surface area (Å²) in [5.74, 6) is -0.929. The Kier molecular flexibility index (Phi) is 6.94. The van der Waals surface area contributed by atoms with Crippen LogP contribution in [0.15, 0.2) is 35.2 Å². The number of fused-ring (bicyclic) bond motifs is 4. The average molecular weight is 456 g/mol. The molecule has 7 heteroatoms. The minimum absolute atomic E-state index is 0.280. The maximum Gasteiger partial charge on any atom is 0.335 e. The summed E-state index contributed by atoms with van der Waals surface area (Å²) in [5, 5.41) is 19.4. The monoisotopic (exact) mass is 455 g/mol. The number of nitrogens with zero attached hydrogens (tertiary/aromatic N) is 2. The zero-order valence-corrected chi connectivity index (χ0v) is 18.9. The molecular weight excluding hydrogens is 430 g/mol. The molecule has 0 bridgehead atoms. The van der Waals surface area contributed by atoms with E-state index in [2.05, 4.69) is 15.7 Å². The number of benzene rings is 2. The van der Waals surface area contributed by atoms with Crippen LogP contribution in [0.1, 0.15) is 66.4 Å². The Bertz CT molecular complexity index is 1020. The molecular formula is C24H26ClN3O2S. The normalized spacial score (nSPS) is 19.2. The molecule has 2 N–H and O–H groups in total. The van der Waals surface area contributed by atoms with Gasteiger partial charge in [-0.05, 0) is 80.3 Å². The van der Waals surface area contributed by atoms with Crippen molar-refractivity contribution in [3.05, 3.63) is 52.0 Å². The largest absolute Gasteiger partial charge is 0.478 e. The lowest BCUT2D eigenvalue weighted by molar-refractivity contribution is 0.0696. The topological polar surface area (TPSA) is 76.4 Å². The lowest BCUT2D eigenvalue weighted by Gasteiger charge is -2.39. The first kappa shape index (κ1) is 21.9. The van der Waals surface area contributed by atoms with Crippen LogP contribution in [-0.4, -0.2) is 23.7 Å². The van der Waals surface area contributed by atoms with Gasteiger partial charge in [-0.2, -0.15) is 5.26 Å². The second-order valence-electron chi connectivity index (χ2n) is 8.24. The van der Waals surface area contributed by atoms with E-state index < -0.39 is 5.97 Å². The molecule has 1 saturated heterocycles. The molecule has 31 heavy (non-hydrogen) atoms. The van der Waals surface area contributed by atoms with Crippen LogP contribution in [0, 0.1) is 11.3 Å². The number of piperidine rings is 1. The van der Waals surface area contributed by atoms with Gasteiger partial charge in [0, 0.05) is 17.5 Å². The van der Waals surface area contributed by atoms with Crippen LogP contribution in [0.5, 0.6) is 0 Å². The average Bonchev–Trinajstić information content (AvgIpc) is 2.79. The summed E-state index contributed by atoms with van der Waals surface area (Å²) < 4.78 is 3.43. The number of carboxylic acids is 1. The third kappa shape index (κ3) is 4.94. The highest BCUT2D eigenvalue weighted by Gasteiger charge is 2.26. The van der Waals surface area contributed by atoms with E-state index in [1.54, 1.807) is 12.1 Å². The van der Waals surface area contributed by atoms with Gasteiger partial charge in [-0.1, -0.05) is 30.5 Å². The first-order valence-electron chi connectivity index (χ1n) is 10.9. The molecule has 0 amide bonds. The minimum Gasteiger partial charge on any atom is -0.478 e. The number of carbonyl (C=O) groups is 1. The van der Waals surface area contributed by atoms with E-state index in [0.29, 0.717) is 16.6 Å². The number of rotatable bonds is 1. The number of nitrogens with one attached hydrogen (secondary N) is 1. The van der Waals surface area contributed by atoms with Crippen molar-refractivity contribution >= 4 is 40.9 Å². The van der Waals surface area contributed by atoms with Gasteiger partial charge in [0.2, 0.25) is 0 Å². The molecule has 2 aliphatic rings. The van der Waals surface area contributed by atoms with E-state index in [9.17, 15) is 15.2 Å². The quantitative estimate of drug-likeness (QED) is 0.477. The number of anilines is 2. The van der Waals surface area contributed by atoms with Gasteiger partial charge in [0.05, 0.1) is 27.5 Å². The zero-order valence-electron chi connectivity index (χ0n) is 17.4. The maximum absolute atomic E-state index is 11.5. The first-order chi connectivity index (χ1) is 15.1. The summed E-state index contributed by atoms with van der Waals surface area (Å²) in [5.41, 5.74) is 3.74. The number of hydrogen-bond acceptors (Lipinski definition) is 5. The number of halogens is 1. The van der Waals surface area contributed by atoms with Crippen LogP contribution in [0.3, 0.4) is 0 Å². The Labute approximate surface area is 192 Å². The zero-order chi connectivity index (χ0) is 21.8. The van der Waals surface area contributed by atoms with Crippen molar-refractivity contribution in [3.8, 4) is 6.07 Å². The Hall–Kier alpha value is -2.36. The van der Waals surface area contributed by atoms with Crippen molar-refractivity contribution < 1.29 is 9.90 Å². The predicted octanol–water partition coefficient (Wildman–Crippen LogP) is 6.50. The van der Waals surface area contributed by atoms with Crippen molar-refractivity contribution in [2.24, 2.45) is 0 Å². The fourth-order valence-electron chi connectivity index (χ4n) is 4.56. The highest BCUT2D eigenvalue weighted by Crippen LogP contribution is 2.39. The molecule has 2 aliphatic heterocycles. The van der Waals surface area contributed by atoms with Crippen molar-refractivity contribution in [1.82, 2.24) is 0 Å². The molecule has 5 nitrogen and oxygen atoms in total. The van der Waals surface area contributed by atoms with Crippen molar-refractivity contribution in [2.75, 3.05) is 16.2 Å². The van der Waals surface area contributed by atoms with Crippen molar-refractivity contribution in [3.63, 3.8) is 0 Å². The molecule has 2 aromatic carbocycles. The first-order valence-corrected chi connectivity index (χ1v) is 12.1. The van der Waals surface area contributed by atoms with Gasteiger partial charge in [-0.25, -0.2) is 4.79 Å². The van der Waals surface area contributed by atoms with Crippen molar-refractivity contribution in [2.45, 2.75) is 62.3 Å². The fraction of sp³-hybridized carbons (Fsp3) is 0.417. The van der Waals surface area contributed by atoms with E-state index in [4.69, 9.17) is 11.6 Å². The van der Waals surface area contributed by atoms with Crippen LogP contribution < -0.4 is 9.62 Å². The third-order valence-corrected chi connectivity index (χ3v) is 7.45. The molecule has 1 unspecified atom stereocenters. The van der Waals surface area contributed by atoms with Crippen LogP contribution >= 0.6 is 23.5 Å². The fourth-order valence-corrected chi connectivity index (χ4v) is 5.63. The van der Waals surface area contributed by atoms with Gasteiger partial charge < -0.3 is 14.7 Å². The summed E-state index contributed by atoms with van der Waals surface area (Å²) in [6.07, 6.45) is 9.05. The summed E-state index contributed by atoms with van der Waals surface area (Å²) >= 11 is 7.85. The Morgan fingerprint density at radius 1 is 1.16 bits per heavy atom. The number of nitriles is 1. The summed E-state index contributed by atoms with van der Waals surface area (Å²) in [7, 11) is 0. The molecule has 2 aromatic rings. The van der Waals surface area contributed by atoms with Gasteiger partial charge in [0.1, 0.15) is 6.07 Å². The minimum atomic E-state index is -0.929. The number of aryl methyl sites for hydroxylation is 1. The molecule has 0 aliphatic carbocycles. The molecule has 162 valence electrons. The number of hydrogen-bond donors (Lipinski definition) is 2. The van der Waals surface area contributed by atoms with E-state index in [1.807, 2.05) is 18.2 Å². The van der Waals surface area contributed by atoms with Crippen LogP contribution in [0.4, 0.5) is 11.4 Å². The molecule has 0 spiro atoms. The molecule has 2 heterocycles. The highest BCUT2D eigenvalue weighted by molar-refractivity contribution is 8.00. The summed E-state index contributed by atoms with van der Waals surface area (Å²) in [6, 6.07) is 11.7. The molecule has 1 atom stereocenters. The Morgan fingerprint density at radius 2 is 1.97 bits per heavy atom. The van der Waals surface area contributed by atoms with Gasteiger partial charge in [-0.15, -0.1) is 0 Å². The van der Waals surface area contributed by atoms with Crippen molar-refractivity contribution in [1.29, 1.82) is 5.26 Å². The number of aromatic carboxylic acids is 1. The van der Waals surface area contributed by atoms with Gasteiger partial charge in [0.25, 0.3) is 0 Å². The Balaban J connectivity index is 1.76. The Morgan fingerprint density at radius 3 is 2.74 bits per heavy atom. The lowest BCUT2D eigenvalue weighted by atomic mass is 9.95. The summed E-state index contributed by atoms with van der Waals surface area (Å²) in [4.78, 5) is 14.9. The van der Waals surface area contributed by atoms with Crippen LogP contribution in [-0.2, 0) is 6.42 Å². The van der Waals surface area contributed by atoms with E-state index >= 15 is 0 Å². The van der Waals surface area contributed by atoms with Gasteiger partial charge >= 0.3 is 5.97 Å². The summed E-state index contributed by atoms with van der Waals surface area (Å²) in [6.45, 7) is 0.978. The molecule has 4 rings (SSSR count). The number of carboxylic acid groups (broad SMARTS) is 1. The SMILES string of the molecule is N#Cc1cc2c(cc1Cl)N1CCCCC1CCCCCc1ccc(C(=O)O)cc1SN2. The van der Waals surface area contributed by atoms with E-state index in [1.165, 1.54) is 31.2 Å². The predicted molar refractivity (Wildman–Crippen MR) is 126 cm³/mol. The van der Waals surface area contributed by atoms with Gasteiger partial charge in [-0.3, -0.25) is 0 Å². The van der Waals surface area contributed by atoms with Crippen LogP contribution in [0.2, 0.25) is 5.02 Å². The molecule has 1 fully saturated rings. The highest BCUT2D eigenvalue weighted by atomic mass is 35.5. The standard InChI is InChI=1S/C24H26ClN3O2S/c25-20-14-22-21(12-18(20)15-26)27-31-23-13-17(24(29)30)10-9-16(23)6-2-1-3-7-19-8-4-5-11-28(19)22/h9-10,12-14,19,27H,1-8,11H2,(H,29,30). The second kappa shape index (κ2) is 9.84. The lowest BCUT2D eigenvalue weighted by Crippen LogP contribution is -2.39. The van der Waals surface area contributed by atoms with E-state index in [0.717, 1.165) is 60.5 Å². The molecule has 0 saturated carbocycles. The van der Waals surface area contributed by atoms with Crippen LogP contribution in [0.25, 0.3) is 0 Å².